The van der Waals surface area contributed by atoms with Crippen molar-refractivity contribution in [2.45, 2.75) is 277 Å². The summed E-state index contributed by atoms with van der Waals surface area (Å²) in [6, 6.07) is 0. The van der Waals surface area contributed by atoms with Gasteiger partial charge in [-0.3, -0.25) is 0 Å². The van der Waals surface area contributed by atoms with Crippen molar-refractivity contribution in [3.8, 4) is 0 Å². The first-order chi connectivity index (χ1) is 25.4. The Morgan fingerprint density at radius 2 is 0.611 bits per heavy atom. The van der Waals surface area contributed by atoms with E-state index in [1.54, 1.807) is 0 Å². The van der Waals surface area contributed by atoms with Crippen molar-refractivity contribution >= 4 is 0 Å². The van der Waals surface area contributed by atoms with E-state index in [0.29, 0.717) is 6.61 Å². The molecule has 0 saturated heterocycles. The Morgan fingerprint density at radius 3 is 0.889 bits per heavy atom. The average Bonchev–Trinajstić information content (AvgIpc) is 3.15. The van der Waals surface area contributed by atoms with Gasteiger partial charge in [0.1, 0.15) is 0 Å². The Morgan fingerprint density at radius 1 is 0.370 bits per heavy atom. The van der Waals surface area contributed by atoms with E-state index in [0.717, 1.165) is 51.5 Å². The molecule has 2 unspecified atom stereocenters. The number of aliphatic hydroxyl groups excluding tert-OH is 3. The number of hydrogen-bond donors (Lipinski definition) is 4. The zero-order chi connectivity index (χ0) is 39.4. The topological polar surface area (TPSA) is 72.7 Å². The number of nitrogens with one attached hydrogen (secondary N) is 1. The van der Waals surface area contributed by atoms with Gasteiger partial charge in [0.05, 0.1) is 12.2 Å². The molecule has 0 aromatic heterocycles. The minimum atomic E-state index is -0.0250. The Bertz CT molecular complexity index is 498. The average molecular weight is 920 g/mol. The summed E-state index contributed by atoms with van der Waals surface area (Å²) in [5.41, 5.74) is 0. The van der Waals surface area contributed by atoms with Crippen molar-refractivity contribution in [3.05, 3.63) is 13.8 Å². The van der Waals surface area contributed by atoms with Gasteiger partial charge in [-0.05, 0) is 52.1 Å². The van der Waals surface area contributed by atoms with E-state index in [1.165, 1.54) is 193 Å². The van der Waals surface area contributed by atoms with Crippen LogP contribution >= 0.6 is 0 Å². The first-order valence-electron chi connectivity index (χ1n) is 23.6. The third-order valence-corrected chi connectivity index (χ3v) is 9.90. The second-order valence-electron chi connectivity index (χ2n) is 15.5. The molecule has 0 spiro atoms. The standard InChI is InChI=1S/2C15H32O.C11H23O.C7H16N.2Y/c2*1-3-5-7-9-10-12-14-15(16)13-11-8-6-4-2;1-2-3-4-5-6-7-8-9-10-11-12;1-3-4-5-6-7-8-2;;/h2*15-16H,3-14H2,1-2H3;12H,1-11H2;8H,1,3-7H2,2H3;;/q;;2*-1;;. The molecule has 2 atom stereocenters. The molecule has 54 heavy (non-hydrogen) atoms. The molecule has 0 bridgehead atoms. The molecule has 0 aliphatic carbocycles. The third kappa shape index (κ3) is 78.4. The maximum absolute atomic E-state index is 9.75. The van der Waals surface area contributed by atoms with Crippen molar-refractivity contribution < 1.29 is 80.7 Å². The van der Waals surface area contributed by atoms with Gasteiger partial charge in [-0.25, -0.2) is 0 Å². The Kier molecular flexibility index (Phi) is 87.5. The SMILES string of the molecule is CCCCCCCCC(O)CCCCCC.CCCCCCCCC(O)CCCCCC.[CH2-]CCCCCCCCCCO.[CH2-]CCCCCNC.[Y].[Y]. The predicted octanol–water partition coefficient (Wildman–Crippen LogP) is 15.1. The second kappa shape index (κ2) is 69.7. The van der Waals surface area contributed by atoms with Crippen LogP contribution in [0, 0.1) is 13.8 Å². The van der Waals surface area contributed by atoms with Gasteiger partial charge in [0.2, 0.25) is 0 Å². The van der Waals surface area contributed by atoms with Crippen molar-refractivity contribution in [3.63, 3.8) is 0 Å². The minimum absolute atomic E-state index is 0. The van der Waals surface area contributed by atoms with Crippen LogP contribution < -0.4 is 5.32 Å². The van der Waals surface area contributed by atoms with Crippen molar-refractivity contribution in [2.24, 2.45) is 0 Å². The van der Waals surface area contributed by atoms with Gasteiger partial charge >= 0.3 is 0 Å². The molecule has 0 aliphatic rings. The fraction of sp³-hybridized carbons (Fsp3) is 0.958. The van der Waals surface area contributed by atoms with Gasteiger partial charge in [0, 0.05) is 72.0 Å². The molecule has 4 N–H and O–H groups in total. The summed E-state index contributed by atoms with van der Waals surface area (Å²) in [5, 5.41) is 31.1. The van der Waals surface area contributed by atoms with E-state index in [2.05, 4.69) is 46.9 Å². The van der Waals surface area contributed by atoms with Crippen LogP contribution in [0.15, 0.2) is 0 Å². The Hall–Kier alpha value is 2.05. The summed E-state index contributed by atoms with van der Waals surface area (Å²) in [7, 11) is 1.99. The molecule has 0 amide bonds. The molecule has 0 rings (SSSR count). The molecule has 0 aromatic carbocycles. The molecule has 0 saturated carbocycles. The minimum Gasteiger partial charge on any atom is -0.396 e. The van der Waals surface area contributed by atoms with Crippen molar-refractivity contribution in [2.75, 3.05) is 20.2 Å². The van der Waals surface area contributed by atoms with E-state index >= 15 is 0 Å². The van der Waals surface area contributed by atoms with Crippen LogP contribution in [0.4, 0.5) is 0 Å². The maximum atomic E-state index is 9.75. The summed E-state index contributed by atoms with van der Waals surface area (Å²) in [6.45, 7) is 18.1. The number of hydrogen-bond acceptors (Lipinski definition) is 4. The van der Waals surface area contributed by atoms with E-state index in [-0.39, 0.29) is 77.6 Å². The molecule has 0 fully saturated rings. The van der Waals surface area contributed by atoms with Crippen LogP contribution in [0.5, 0.6) is 0 Å². The summed E-state index contributed by atoms with van der Waals surface area (Å²) in [6.07, 6.45) is 46.5. The zero-order valence-corrected chi connectivity index (χ0v) is 43.8. The molecule has 326 valence electrons. The van der Waals surface area contributed by atoms with E-state index < -0.39 is 0 Å². The van der Waals surface area contributed by atoms with Crippen LogP contribution in [-0.4, -0.2) is 47.7 Å². The molecule has 0 aromatic rings. The van der Waals surface area contributed by atoms with Gasteiger partial charge < -0.3 is 34.5 Å². The molecular weight excluding hydrogens is 816 g/mol. The molecule has 4 nitrogen and oxygen atoms in total. The Balaban J connectivity index is -0.000000144. The summed E-state index contributed by atoms with van der Waals surface area (Å²) >= 11 is 0. The molecular formula is C48H103NO3Y2-2. The normalized spacial score (nSPS) is 11.4. The number of unbranched alkanes of at least 4 members (excludes halogenated alkanes) is 27. The van der Waals surface area contributed by atoms with Crippen molar-refractivity contribution in [1.29, 1.82) is 0 Å². The van der Waals surface area contributed by atoms with Crippen LogP contribution in [0.2, 0.25) is 0 Å². The van der Waals surface area contributed by atoms with Gasteiger partial charge in [-0.2, -0.15) is 12.8 Å². The molecule has 6 heteroatoms. The van der Waals surface area contributed by atoms with E-state index in [9.17, 15) is 10.2 Å². The van der Waals surface area contributed by atoms with E-state index in [1.807, 2.05) is 7.05 Å². The summed E-state index contributed by atoms with van der Waals surface area (Å²) < 4.78 is 0. The first kappa shape index (κ1) is 67.8. The fourth-order valence-electron chi connectivity index (χ4n) is 6.23. The van der Waals surface area contributed by atoms with Gasteiger partial charge in [-0.15, -0.1) is 0 Å². The molecule has 2 radical (unpaired) electrons. The van der Waals surface area contributed by atoms with Crippen LogP contribution in [0.1, 0.15) is 265 Å². The van der Waals surface area contributed by atoms with Gasteiger partial charge in [-0.1, -0.05) is 214 Å². The monoisotopic (exact) mass is 920 g/mol. The predicted molar refractivity (Wildman–Crippen MR) is 237 cm³/mol. The molecule has 0 heterocycles. The quantitative estimate of drug-likeness (QED) is 0.0368. The Labute approximate surface area is 394 Å². The van der Waals surface area contributed by atoms with Gasteiger partial charge in [0.25, 0.3) is 0 Å². The maximum Gasteiger partial charge on any atom is 0.0540 e. The summed E-state index contributed by atoms with van der Waals surface area (Å²) in [5.74, 6) is 0. The first-order valence-corrected chi connectivity index (χ1v) is 23.6. The van der Waals surface area contributed by atoms with Crippen LogP contribution in [0.25, 0.3) is 0 Å². The number of aliphatic hydroxyl groups is 3. The summed E-state index contributed by atoms with van der Waals surface area (Å²) in [4.78, 5) is 0. The number of rotatable bonds is 38. The van der Waals surface area contributed by atoms with Gasteiger partial charge in [0.15, 0.2) is 0 Å². The van der Waals surface area contributed by atoms with Crippen molar-refractivity contribution in [1.82, 2.24) is 5.32 Å². The van der Waals surface area contributed by atoms with E-state index in [4.69, 9.17) is 5.11 Å². The largest absolute Gasteiger partial charge is 0.396 e. The van der Waals surface area contributed by atoms with Crippen LogP contribution in [-0.2, 0) is 65.4 Å². The van der Waals surface area contributed by atoms with Crippen LogP contribution in [0.3, 0.4) is 0 Å². The third-order valence-electron chi connectivity index (χ3n) is 9.90. The zero-order valence-electron chi connectivity index (χ0n) is 38.1. The fourth-order valence-corrected chi connectivity index (χ4v) is 6.23. The molecule has 0 aliphatic heterocycles. The smallest absolute Gasteiger partial charge is 0.0540 e. The second-order valence-corrected chi connectivity index (χ2v) is 15.5.